The zero-order chi connectivity index (χ0) is 14.0. The Bertz CT molecular complexity index is 553. The minimum absolute atomic E-state index is 0.0346. The number of ether oxygens (including phenoxy) is 1. The number of nitrogens with one attached hydrogen (secondary N) is 1. The Morgan fingerprint density at radius 2 is 2.11 bits per heavy atom. The average Bonchev–Trinajstić information content (AvgIpc) is 2.27. The number of hydrogen-bond donors (Lipinski definition) is 3. The van der Waals surface area contributed by atoms with Crippen molar-refractivity contribution in [3.8, 4) is 0 Å². The minimum atomic E-state index is -3.78. The van der Waals surface area contributed by atoms with Gasteiger partial charge >= 0.3 is 0 Å². The van der Waals surface area contributed by atoms with Crippen molar-refractivity contribution < 1.29 is 13.2 Å². The zero-order valence-electron chi connectivity index (χ0n) is 10.8. The third kappa shape index (κ3) is 3.37. The van der Waals surface area contributed by atoms with Gasteiger partial charge in [0.25, 0.3) is 0 Å². The monoisotopic (exact) mass is 285 g/mol. The molecular weight excluding hydrogens is 266 g/mol. The number of sulfonamides is 1. The van der Waals surface area contributed by atoms with E-state index in [0.717, 1.165) is 12.8 Å². The SMILES string of the molecule is CCOC1CC(Nc2ccc(N)cc2S(N)(=O)=O)C1. The van der Waals surface area contributed by atoms with Crippen molar-refractivity contribution in [3.63, 3.8) is 0 Å². The van der Waals surface area contributed by atoms with Gasteiger partial charge in [0, 0.05) is 18.3 Å². The highest BCUT2D eigenvalue weighted by molar-refractivity contribution is 7.89. The van der Waals surface area contributed by atoms with Crippen LogP contribution >= 0.6 is 0 Å². The maximum absolute atomic E-state index is 11.5. The molecule has 5 N–H and O–H groups in total. The van der Waals surface area contributed by atoms with E-state index in [-0.39, 0.29) is 17.0 Å². The van der Waals surface area contributed by atoms with Crippen LogP contribution in [0, 0.1) is 0 Å². The predicted molar refractivity (Wildman–Crippen MR) is 74.3 cm³/mol. The first-order chi connectivity index (χ1) is 8.90. The number of nitrogens with two attached hydrogens (primary N) is 2. The van der Waals surface area contributed by atoms with Gasteiger partial charge in [-0.25, -0.2) is 13.6 Å². The summed E-state index contributed by atoms with van der Waals surface area (Å²) in [5, 5.41) is 8.36. The highest BCUT2D eigenvalue weighted by Crippen LogP contribution is 2.30. The Kier molecular flexibility index (Phi) is 3.98. The van der Waals surface area contributed by atoms with Gasteiger partial charge in [0.15, 0.2) is 0 Å². The number of anilines is 2. The maximum Gasteiger partial charge on any atom is 0.240 e. The molecule has 0 aliphatic heterocycles. The largest absolute Gasteiger partial charge is 0.399 e. The number of hydrogen-bond acceptors (Lipinski definition) is 5. The van der Waals surface area contributed by atoms with E-state index in [4.69, 9.17) is 15.6 Å². The normalized spacial score (nSPS) is 22.8. The first kappa shape index (κ1) is 14.1. The third-order valence-corrected chi connectivity index (χ3v) is 4.12. The lowest BCUT2D eigenvalue weighted by Gasteiger charge is -2.36. The lowest BCUT2D eigenvalue weighted by atomic mass is 9.89. The summed E-state index contributed by atoms with van der Waals surface area (Å²) in [7, 11) is -3.78. The first-order valence-corrected chi connectivity index (χ1v) is 7.75. The van der Waals surface area contributed by atoms with Crippen molar-refractivity contribution >= 4 is 21.4 Å². The number of nitrogen functional groups attached to an aromatic ring is 1. The summed E-state index contributed by atoms with van der Waals surface area (Å²) in [4.78, 5) is 0.0346. The molecule has 106 valence electrons. The molecule has 0 amide bonds. The molecule has 1 aromatic rings. The van der Waals surface area contributed by atoms with Crippen molar-refractivity contribution in [2.75, 3.05) is 17.7 Å². The van der Waals surface area contributed by atoms with Crippen LogP contribution in [-0.4, -0.2) is 27.2 Å². The van der Waals surface area contributed by atoms with Crippen LogP contribution in [0.3, 0.4) is 0 Å². The lowest BCUT2D eigenvalue weighted by molar-refractivity contribution is 0.00295. The molecule has 1 aliphatic rings. The van der Waals surface area contributed by atoms with E-state index in [0.29, 0.717) is 18.0 Å². The van der Waals surface area contributed by atoms with Gasteiger partial charge in [-0.1, -0.05) is 0 Å². The third-order valence-electron chi connectivity index (χ3n) is 3.17. The molecular formula is C12H19N3O3S. The van der Waals surface area contributed by atoms with Crippen molar-refractivity contribution in [1.82, 2.24) is 0 Å². The predicted octanol–water partition coefficient (Wildman–Crippen LogP) is 0.896. The molecule has 1 aromatic carbocycles. The fourth-order valence-electron chi connectivity index (χ4n) is 2.17. The van der Waals surface area contributed by atoms with Crippen LogP contribution in [0.15, 0.2) is 23.1 Å². The van der Waals surface area contributed by atoms with Gasteiger partial charge in [0.1, 0.15) is 4.90 Å². The first-order valence-electron chi connectivity index (χ1n) is 6.20. The van der Waals surface area contributed by atoms with Gasteiger partial charge in [0.05, 0.1) is 11.8 Å². The topological polar surface area (TPSA) is 107 Å². The Morgan fingerprint density at radius 1 is 1.42 bits per heavy atom. The van der Waals surface area contributed by atoms with E-state index in [1.807, 2.05) is 6.92 Å². The summed E-state index contributed by atoms with van der Waals surface area (Å²) < 4.78 is 28.5. The molecule has 6 nitrogen and oxygen atoms in total. The Labute approximate surface area is 113 Å². The van der Waals surface area contributed by atoms with Gasteiger partial charge in [-0.05, 0) is 38.0 Å². The molecule has 0 unspecified atom stereocenters. The Balaban J connectivity index is 2.10. The molecule has 0 spiro atoms. The molecule has 0 aromatic heterocycles. The van der Waals surface area contributed by atoms with Crippen molar-refractivity contribution in [1.29, 1.82) is 0 Å². The van der Waals surface area contributed by atoms with Gasteiger partial charge in [0.2, 0.25) is 10.0 Å². The Morgan fingerprint density at radius 3 is 2.68 bits per heavy atom. The summed E-state index contributed by atoms with van der Waals surface area (Å²) in [5.74, 6) is 0. The molecule has 19 heavy (non-hydrogen) atoms. The molecule has 0 heterocycles. The quantitative estimate of drug-likeness (QED) is 0.697. The smallest absolute Gasteiger partial charge is 0.240 e. The van der Waals surface area contributed by atoms with Gasteiger partial charge in [-0.15, -0.1) is 0 Å². The van der Waals surface area contributed by atoms with Crippen molar-refractivity contribution in [2.24, 2.45) is 5.14 Å². The highest BCUT2D eigenvalue weighted by Gasteiger charge is 2.30. The van der Waals surface area contributed by atoms with Crippen LogP contribution < -0.4 is 16.2 Å². The van der Waals surface area contributed by atoms with E-state index in [1.165, 1.54) is 6.07 Å². The minimum Gasteiger partial charge on any atom is -0.399 e. The van der Waals surface area contributed by atoms with E-state index < -0.39 is 10.0 Å². The fraction of sp³-hybridized carbons (Fsp3) is 0.500. The molecule has 1 saturated carbocycles. The second kappa shape index (κ2) is 5.36. The molecule has 7 heteroatoms. The molecule has 1 aliphatic carbocycles. The molecule has 1 fully saturated rings. The van der Waals surface area contributed by atoms with Crippen molar-refractivity contribution in [3.05, 3.63) is 18.2 Å². The van der Waals surface area contributed by atoms with Crippen LogP contribution in [0.1, 0.15) is 19.8 Å². The fourth-order valence-corrected chi connectivity index (χ4v) is 2.90. The molecule has 0 bridgehead atoms. The van der Waals surface area contributed by atoms with Crippen LogP contribution in [0.4, 0.5) is 11.4 Å². The van der Waals surface area contributed by atoms with Crippen LogP contribution in [-0.2, 0) is 14.8 Å². The van der Waals surface area contributed by atoms with E-state index >= 15 is 0 Å². The van der Waals surface area contributed by atoms with Crippen LogP contribution in [0.25, 0.3) is 0 Å². The van der Waals surface area contributed by atoms with E-state index in [2.05, 4.69) is 5.32 Å². The second-order valence-electron chi connectivity index (χ2n) is 4.69. The zero-order valence-corrected chi connectivity index (χ0v) is 11.6. The number of rotatable bonds is 5. The summed E-state index contributed by atoms with van der Waals surface area (Å²) in [5.41, 5.74) is 6.46. The Hall–Kier alpha value is -1.31. The van der Waals surface area contributed by atoms with Crippen LogP contribution in [0.2, 0.25) is 0 Å². The molecule has 2 rings (SSSR count). The standard InChI is InChI=1S/C12H19N3O3S/c1-2-18-10-6-9(7-10)15-11-4-3-8(13)5-12(11)19(14,16)17/h3-5,9-10,15H,2,6-7,13H2,1H3,(H2,14,16,17). The van der Waals surface area contributed by atoms with Crippen molar-refractivity contribution in [2.45, 2.75) is 36.8 Å². The van der Waals surface area contributed by atoms with Gasteiger partial charge in [-0.3, -0.25) is 0 Å². The lowest BCUT2D eigenvalue weighted by Crippen LogP contribution is -2.41. The summed E-state index contributed by atoms with van der Waals surface area (Å²) >= 11 is 0. The van der Waals surface area contributed by atoms with Crippen LogP contribution in [0.5, 0.6) is 0 Å². The average molecular weight is 285 g/mol. The summed E-state index contributed by atoms with van der Waals surface area (Å²) in [6.45, 7) is 2.65. The number of benzene rings is 1. The van der Waals surface area contributed by atoms with E-state index in [1.54, 1.807) is 12.1 Å². The molecule has 0 saturated heterocycles. The van der Waals surface area contributed by atoms with Gasteiger partial charge < -0.3 is 15.8 Å². The second-order valence-corrected chi connectivity index (χ2v) is 6.22. The molecule has 0 atom stereocenters. The summed E-state index contributed by atoms with van der Waals surface area (Å²) in [6, 6.07) is 4.87. The maximum atomic E-state index is 11.5. The summed E-state index contributed by atoms with van der Waals surface area (Å²) in [6.07, 6.45) is 1.99. The highest BCUT2D eigenvalue weighted by atomic mass is 32.2. The number of primary sulfonamides is 1. The van der Waals surface area contributed by atoms with E-state index in [9.17, 15) is 8.42 Å². The van der Waals surface area contributed by atoms with Gasteiger partial charge in [-0.2, -0.15) is 0 Å². The molecule has 0 radical (unpaired) electrons.